The maximum absolute atomic E-state index is 13.9. The molecule has 0 bridgehead atoms. The van der Waals surface area contributed by atoms with E-state index >= 15 is 0 Å². The molecule has 0 unspecified atom stereocenters. The maximum atomic E-state index is 13.9. The molecule has 0 spiro atoms. The smallest absolute Gasteiger partial charge is 0.165 e. The lowest BCUT2D eigenvalue weighted by atomic mass is 10.1. The number of para-hydroxylation sites is 1. The maximum Gasteiger partial charge on any atom is 0.165 e. The largest absolute Gasteiger partial charge is 0.490 e. The summed E-state index contributed by atoms with van der Waals surface area (Å²) in [5.74, 6) is 0.0617. The average Bonchev–Trinajstić information content (AvgIpc) is 2.37. The number of methoxy groups -OCH3 is 1. The lowest BCUT2D eigenvalue weighted by molar-refractivity contribution is 0.183. The molecule has 0 atom stereocenters. The highest BCUT2D eigenvalue weighted by molar-refractivity contribution is 5.35. The normalized spacial score (nSPS) is 11.7. The summed E-state index contributed by atoms with van der Waals surface area (Å²) in [4.78, 5) is 0. The second-order valence-corrected chi connectivity index (χ2v) is 5.88. The van der Waals surface area contributed by atoms with Crippen molar-refractivity contribution < 1.29 is 13.9 Å². The van der Waals surface area contributed by atoms with Gasteiger partial charge in [-0.15, -0.1) is 0 Å². The Hall–Kier alpha value is -1.13. The van der Waals surface area contributed by atoms with Gasteiger partial charge in [-0.3, -0.25) is 0 Å². The quantitative estimate of drug-likeness (QED) is 0.740. The Morgan fingerprint density at radius 3 is 2.50 bits per heavy atom. The summed E-state index contributed by atoms with van der Waals surface area (Å²) in [5, 5.41) is 3.35. The van der Waals surface area contributed by atoms with E-state index in [1.807, 2.05) is 6.07 Å². The first kappa shape index (κ1) is 16.9. The van der Waals surface area contributed by atoms with Crippen LogP contribution < -0.4 is 10.1 Å². The first-order valence-electron chi connectivity index (χ1n) is 7.08. The van der Waals surface area contributed by atoms with Crippen molar-refractivity contribution in [3.8, 4) is 5.75 Å². The van der Waals surface area contributed by atoms with E-state index in [2.05, 4.69) is 26.1 Å². The predicted octanol–water partition coefficient (Wildman–Crippen LogP) is 3.52. The van der Waals surface area contributed by atoms with E-state index in [1.54, 1.807) is 13.2 Å². The van der Waals surface area contributed by atoms with Crippen LogP contribution in [0.4, 0.5) is 4.39 Å². The molecule has 0 saturated carbocycles. The summed E-state index contributed by atoms with van der Waals surface area (Å²) in [6.45, 7) is 8.05. The minimum Gasteiger partial charge on any atom is -0.490 e. The van der Waals surface area contributed by atoms with E-state index in [0.29, 0.717) is 25.5 Å². The van der Waals surface area contributed by atoms with Crippen molar-refractivity contribution in [3.63, 3.8) is 0 Å². The average molecular weight is 283 g/mol. The molecule has 20 heavy (non-hydrogen) atoms. The van der Waals surface area contributed by atoms with Crippen LogP contribution in [0.1, 0.15) is 39.2 Å². The van der Waals surface area contributed by atoms with Crippen LogP contribution in [0.3, 0.4) is 0 Å². The minimum atomic E-state index is -0.301. The minimum absolute atomic E-state index is 0.0119. The van der Waals surface area contributed by atoms with Gasteiger partial charge in [-0.2, -0.15) is 0 Å². The number of benzene rings is 1. The lowest BCUT2D eigenvalue weighted by Gasteiger charge is -2.21. The van der Waals surface area contributed by atoms with Crippen molar-refractivity contribution in [2.75, 3.05) is 20.3 Å². The molecule has 0 aliphatic rings. The zero-order valence-corrected chi connectivity index (χ0v) is 13.0. The number of unbranched alkanes of at least 4 members (excludes halogenated alkanes) is 1. The summed E-state index contributed by atoms with van der Waals surface area (Å²) in [7, 11) is 1.67. The van der Waals surface area contributed by atoms with Gasteiger partial charge in [-0.05, 0) is 39.7 Å². The second-order valence-electron chi connectivity index (χ2n) is 5.88. The zero-order chi connectivity index (χ0) is 15.0. The van der Waals surface area contributed by atoms with Crippen LogP contribution in [0, 0.1) is 5.82 Å². The van der Waals surface area contributed by atoms with Crippen LogP contribution in [-0.2, 0) is 11.3 Å². The summed E-state index contributed by atoms with van der Waals surface area (Å²) in [6, 6.07) is 5.05. The third-order valence-corrected chi connectivity index (χ3v) is 2.85. The number of ether oxygens (including phenoxy) is 2. The first-order valence-corrected chi connectivity index (χ1v) is 7.08. The fraction of sp³-hybridized carbons (Fsp3) is 0.625. The van der Waals surface area contributed by atoms with Gasteiger partial charge in [0.25, 0.3) is 0 Å². The van der Waals surface area contributed by atoms with Crippen LogP contribution in [0.25, 0.3) is 0 Å². The van der Waals surface area contributed by atoms with Gasteiger partial charge in [-0.1, -0.05) is 12.1 Å². The Balaban J connectivity index is 2.59. The number of halogens is 1. The molecule has 114 valence electrons. The van der Waals surface area contributed by atoms with Crippen molar-refractivity contribution in [1.29, 1.82) is 0 Å². The Kier molecular flexibility index (Phi) is 6.96. The number of nitrogens with one attached hydrogen (secondary N) is 1. The van der Waals surface area contributed by atoms with Gasteiger partial charge in [0.05, 0.1) is 6.61 Å². The topological polar surface area (TPSA) is 30.5 Å². The molecule has 0 heterocycles. The van der Waals surface area contributed by atoms with Gasteiger partial charge >= 0.3 is 0 Å². The van der Waals surface area contributed by atoms with Crippen molar-refractivity contribution in [1.82, 2.24) is 5.32 Å². The van der Waals surface area contributed by atoms with Gasteiger partial charge in [-0.25, -0.2) is 4.39 Å². The molecule has 1 aromatic rings. The van der Waals surface area contributed by atoms with Crippen molar-refractivity contribution in [2.45, 2.75) is 45.7 Å². The lowest BCUT2D eigenvalue weighted by Crippen LogP contribution is -2.35. The highest BCUT2D eigenvalue weighted by Gasteiger charge is 2.13. The van der Waals surface area contributed by atoms with E-state index in [1.165, 1.54) is 6.07 Å². The Morgan fingerprint density at radius 2 is 1.85 bits per heavy atom. The molecular weight excluding hydrogens is 257 g/mol. The third kappa shape index (κ3) is 6.35. The van der Waals surface area contributed by atoms with Gasteiger partial charge in [0.2, 0.25) is 0 Å². The summed E-state index contributed by atoms with van der Waals surface area (Å²) < 4.78 is 24.5. The molecule has 0 aliphatic heterocycles. The van der Waals surface area contributed by atoms with Crippen LogP contribution in [0.15, 0.2) is 18.2 Å². The van der Waals surface area contributed by atoms with E-state index in [9.17, 15) is 4.39 Å². The molecule has 0 radical (unpaired) electrons. The molecule has 4 heteroatoms. The number of hydrogen-bond donors (Lipinski definition) is 1. The van der Waals surface area contributed by atoms with E-state index < -0.39 is 0 Å². The number of hydrogen-bond acceptors (Lipinski definition) is 3. The standard InChI is InChI=1S/C16H26FNO2/c1-16(2,3)18-12-13-8-7-9-14(17)15(13)20-11-6-5-10-19-4/h7-9,18H,5-6,10-12H2,1-4H3. The fourth-order valence-electron chi connectivity index (χ4n) is 1.74. The summed E-state index contributed by atoms with van der Waals surface area (Å²) in [6.07, 6.45) is 1.77. The molecule has 3 nitrogen and oxygen atoms in total. The van der Waals surface area contributed by atoms with Gasteiger partial charge in [0.1, 0.15) is 0 Å². The zero-order valence-electron chi connectivity index (χ0n) is 13.0. The summed E-state index contributed by atoms with van der Waals surface area (Å²) in [5.41, 5.74) is 0.842. The van der Waals surface area contributed by atoms with Crippen molar-refractivity contribution in [3.05, 3.63) is 29.6 Å². The molecule has 0 amide bonds. The Bertz CT molecular complexity index is 402. The van der Waals surface area contributed by atoms with Crippen molar-refractivity contribution in [2.24, 2.45) is 0 Å². The van der Waals surface area contributed by atoms with Crippen LogP contribution >= 0.6 is 0 Å². The molecule has 0 saturated heterocycles. The molecule has 0 fully saturated rings. The molecular formula is C16H26FNO2. The third-order valence-electron chi connectivity index (χ3n) is 2.85. The molecule has 0 aromatic heterocycles. The first-order chi connectivity index (χ1) is 9.44. The predicted molar refractivity (Wildman–Crippen MR) is 79.6 cm³/mol. The van der Waals surface area contributed by atoms with E-state index in [4.69, 9.17) is 9.47 Å². The molecule has 1 aromatic carbocycles. The van der Waals surface area contributed by atoms with Gasteiger partial charge in [0.15, 0.2) is 11.6 Å². The monoisotopic (exact) mass is 283 g/mol. The van der Waals surface area contributed by atoms with Gasteiger partial charge in [0, 0.05) is 31.4 Å². The molecule has 0 aliphatic carbocycles. The SMILES string of the molecule is COCCCCOc1c(F)cccc1CNC(C)(C)C. The summed E-state index contributed by atoms with van der Waals surface area (Å²) >= 11 is 0. The highest BCUT2D eigenvalue weighted by atomic mass is 19.1. The van der Waals surface area contributed by atoms with Crippen molar-refractivity contribution >= 4 is 0 Å². The number of rotatable bonds is 8. The van der Waals surface area contributed by atoms with Crippen LogP contribution in [0.5, 0.6) is 5.75 Å². The van der Waals surface area contributed by atoms with Gasteiger partial charge < -0.3 is 14.8 Å². The Labute approximate surface area is 121 Å². The second kappa shape index (κ2) is 8.22. The van der Waals surface area contributed by atoms with Crippen LogP contribution in [0.2, 0.25) is 0 Å². The Morgan fingerprint density at radius 1 is 1.15 bits per heavy atom. The highest BCUT2D eigenvalue weighted by Crippen LogP contribution is 2.23. The van der Waals surface area contributed by atoms with Crippen LogP contribution in [-0.4, -0.2) is 25.9 Å². The molecule has 1 rings (SSSR count). The fourth-order valence-corrected chi connectivity index (χ4v) is 1.74. The van der Waals surface area contributed by atoms with E-state index in [0.717, 1.165) is 18.4 Å². The molecule has 1 N–H and O–H groups in total. The van der Waals surface area contributed by atoms with E-state index in [-0.39, 0.29) is 11.4 Å².